The summed E-state index contributed by atoms with van der Waals surface area (Å²) in [4.78, 5) is 18.2. The molecule has 1 heterocycles. The first-order valence-electron chi connectivity index (χ1n) is 10.3. The van der Waals surface area contributed by atoms with Crippen LogP contribution in [-0.4, -0.2) is 26.6 Å². The molecule has 0 spiro atoms. The van der Waals surface area contributed by atoms with Crippen molar-refractivity contribution in [2.75, 3.05) is 6.61 Å². The van der Waals surface area contributed by atoms with Crippen LogP contribution in [0.4, 0.5) is 0 Å². The van der Waals surface area contributed by atoms with Gasteiger partial charge in [-0.2, -0.15) is 0 Å². The van der Waals surface area contributed by atoms with E-state index in [1.165, 1.54) is 5.57 Å². The van der Waals surface area contributed by atoms with Gasteiger partial charge in [-0.3, -0.25) is 9.36 Å². The molecule has 1 aliphatic rings. The minimum absolute atomic E-state index is 0.0401. The molecule has 0 aliphatic heterocycles. The van der Waals surface area contributed by atoms with Gasteiger partial charge in [-0.05, 0) is 44.5 Å². The lowest BCUT2D eigenvalue weighted by molar-refractivity contribution is 0.0765. The van der Waals surface area contributed by atoms with Gasteiger partial charge < -0.3 is 4.74 Å². The fraction of sp³-hybridized carbons (Fsp3) is 0.280. The SMILES string of the molecule is CCOC1C=C(C)C=CC1(Br)CCc1nc2ccccc2c(=O)n1-c1ccccc1. The first kappa shape index (κ1) is 20.8. The highest BCUT2D eigenvalue weighted by atomic mass is 79.9. The van der Waals surface area contributed by atoms with Crippen LogP contribution < -0.4 is 5.56 Å². The highest BCUT2D eigenvalue weighted by Gasteiger charge is 2.35. The Kier molecular flexibility index (Phi) is 6.02. The Bertz CT molecular complexity index is 1170. The van der Waals surface area contributed by atoms with Gasteiger partial charge in [0.05, 0.1) is 27.0 Å². The monoisotopic (exact) mass is 464 g/mol. The Labute approximate surface area is 185 Å². The summed E-state index contributed by atoms with van der Waals surface area (Å²) in [6.45, 7) is 4.72. The van der Waals surface area contributed by atoms with E-state index in [0.29, 0.717) is 18.4 Å². The molecule has 0 fully saturated rings. The van der Waals surface area contributed by atoms with Crippen molar-refractivity contribution in [1.29, 1.82) is 0 Å². The Morgan fingerprint density at radius 1 is 1.13 bits per heavy atom. The van der Waals surface area contributed by atoms with Crippen molar-refractivity contribution < 1.29 is 4.74 Å². The first-order chi connectivity index (χ1) is 14.5. The number of allylic oxidation sites excluding steroid dienone is 2. The number of rotatable bonds is 6. The molecule has 2 unspecified atom stereocenters. The molecule has 2 aromatic carbocycles. The van der Waals surface area contributed by atoms with Gasteiger partial charge in [-0.25, -0.2) is 4.98 Å². The molecule has 3 aromatic rings. The molecule has 0 amide bonds. The summed E-state index contributed by atoms with van der Waals surface area (Å²) >= 11 is 3.93. The molecule has 5 heteroatoms. The lowest BCUT2D eigenvalue weighted by atomic mass is 9.89. The number of halogens is 1. The van der Waals surface area contributed by atoms with Gasteiger partial charge >= 0.3 is 0 Å². The van der Waals surface area contributed by atoms with Crippen molar-refractivity contribution >= 4 is 26.8 Å². The Balaban J connectivity index is 1.75. The zero-order valence-electron chi connectivity index (χ0n) is 17.2. The van der Waals surface area contributed by atoms with Crippen LogP contribution in [0.1, 0.15) is 26.1 Å². The molecule has 4 rings (SSSR count). The average Bonchev–Trinajstić information content (AvgIpc) is 2.76. The van der Waals surface area contributed by atoms with Crippen LogP contribution in [0.3, 0.4) is 0 Å². The summed E-state index contributed by atoms with van der Waals surface area (Å²) in [7, 11) is 0. The van der Waals surface area contributed by atoms with Gasteiger partial charge in [0.2, 0.25) is 0 Å². The van der Waals surface area contributed by atoms with Gasteiger partial charge in [0, 0.05) is 13.0 Å². The molecule has 0 radical (unpaired) electrons. The lowest BCUT2D eigenvalue weighted by Gasteiger charge is -2.34. The smallest absolute Gasteiger partial charge is 0.265 e. The Morgan fingerprint density at radius 2 is 1.87 bits per heavy atom. The fourth-order valence-corrected chi connectivity index (χ4v) is 4.48. The van der Waals surface area contributed by atoms with Crippen LogP contribution in [0.2, 0.25) is 0 Å². The van der Waals surface area contributed by atoms with E-state index in [0.717, 1.165) is 23.4 Å². The van der Waals surface area contributed by atoms with Crippen molar-refractivity contribution in [3.63, 3.8) is 0 Å². The van der Waals surface area contributed by atoms with E-state index < -0.39 is 0 Å². The summed E-state index contributed by atoms with van der Waals surface area (Å²) in [5, 5.41) is 0.627. The van der Waals surface area contributed by atoms with Crippen LogP contribution in [-0.2, 0) is 11.2 Å². The van der Waals surface area contributed by atoms with Crippen LogP contribution in [0.15, 0.2) is 83.2 Å². The highest BCUT2D eigenvalue weighted by molar-refractivity contribution is 9.10. The van der Waals surface area contributed by atoms with Gasteiger partial charge in [-0.1, -0.05) is 70.1 Å². The standard InChI is InChI=1S/C25H25BrN2O2/c1-3-30-22-17-18(2)13-15-25(22,26)16-14-23-27-21-12-8-7-11-20(21)24(29)28(23)19-9-5-4-6-10-19/h4-13,15,17,22H,3,14,16H2,1-2H3. The molecule has 4 nitrogen and oxygen atoms in total. The molecule has 154 valence electrons. The second-order valence-electron chi connectivity index (χ2n) is 7.57. The lowest BCUT2D eigenvalue weighted by Crippen LogP contribution is -2.38. The summed E-state index contributed by atoms with van der Waals surface area (Å²) in [6.07, 6.45) is 7.73. The number of hydrogen-bond acceptors (Lipinski definition) is 3. The van der Waals surface area contributed by atoms with Crippen LogP contribution in [0.5, 0.6) is 0 Å². The fourth-order valence-electron chi connectivity index (χ4n) is 3.88. The maximum Gasteiger partial charge on any atom is 0.265 e. The van der Waals surface area contributed by atoms with Crippen molar-refractivity contribution in [1.82, 2.24) is 9.55 Å². The zero-order valence-corrected chi connectivity index (χ0v) is 18.8. The number of para-hydroxylation sites is 2. The number of nitrogens with zero attached hydrogens (tertiary/aromatic N) is 2. The van der Waals surface area contributed by atoms with E-state index in [1.54, 1.807) is 4.57 Å². The van der Waals surface area contributed by atoms with Crippen molar-refractivity contribution in [2.24, 2.45) is 0 Å². The molecule has 0 saturated carbocycles. The van der Waals surface area contributed by atoms with E-state index in [4.69, 9.17) is 9.72 Å². The predicted octanol–water partition coefficient (Wildman–Crippen LogP) is 5.37. The largest absolute Gasteiger partial charge is 0.373 e. The van der Waals surface area contributed by atoms with E-state index in [9.17, 15) is 4.79 Å². The maximum absolute atomic E-state index is 13.4. The molecule has 1 aromatic heterocycles. The highest BCUT2D eigenvalue weighted by Crippen LogP contribution is 2.36. The minimum atomic E-state index is -0.340. The Hall–Kier alpha value is -2.50. The summed E-state index contributed by atoms with van der Waals surface area (Å²) in [6, 6.07) is 17.2. The normalized spacial score (nSPS) is 21.0. The van der Waals surface area contributed by atoms with Gasteiger partial charge in [0.15, 0.2) is 0 Å². The zero-order chi connectivity index (χ0) is 21.1. The molecule has 0 N–H and O–H groups in total. The minimum Gasteiger partial charge on any atom is -0.373 e. The summed E-state index contributed by atoms with van der Waals surface area (Å²) in [5.74, 6) is 0.749. The second kappa shape index (κ2) is 8.70. The predicted molar refractivity (Wildman–Crippen MR) is 126 cm³/mol. The van der Waals surface area contributed by atoms with E-state index in [2.05, 4.69) is 41.1 Å². The second-order valence-corrected chi connectivity index (χ2v) is 9.04. The number of ether oxygens (including phenoxy) is 1. The van der Waals surface area contributed by atoms with Crippen LogP contribution in [0, 0.1) is 0 Å². The third kappa shape index (κ3) is 4.05. The molecular formula is C25H25BrN2O2. The van der Waals surface area contributed by atoms with E-state index >= 15 is 0 Å². The molecule has 30 heavy (non-hydrogen) atoms. The topological polar surface area (TPSA) is 44.1 Å². The van der Waals surface area contributed by atoms with Gasteiger partial charge in [0.25, 0.3) is 5.56 Å². The molecule has 2 atom stereocenters. The van der Waals surface area contributed by atoms with Gasteiger partial charge in [0.1, 0.15) is 5.82 Å². The molecule has 0 bridgehead atoms. The third-order valence-electron chi connectivity index (χ3n) is 5.45. The third-order valence-corrected chi connectivity index (χ3v) is 6.56. The van der Waals surface area contributed by atoms with Crippen LogP contribution in [0.25, 0.3) is 16.6 Å². The summed E-state index contributed by atoms with van der Waals surface area (Å²) in [5.41, 5.74) is 2.70. The average molecular weight is 465 g/mol. The number of aryl methyl sites for hydroxylation is 1. The maximum atomic E-state index is 13.4. The summed E-state index contributed by atoms with van der Waals surface area (Å²) < 4.78 is 7.40. The number of hydrogen-bond donors (Lipinski definition) is 0. The first-order valence-corrected chi connectivity index (χ1v) is 11.1. The van der Waals surface area contributed by atoms with Crippen molar-refractivity contribution in [2.45, 2.75) is 37.1 Å². The number of fused-ring (bicyclic) bond motifs is 1. The van der Waals surface area contributed by atoms with Crippen LogP contribution >= 0.6 is 15.9 Å². The quantitative estimate of drug-likeness (QED) is 0.460. The molecular weight excluding hydrogens is 440 g/mol. The number of benzene rings is 2. The Morgan fingerprint density at radius 3 is 2.63 bits per heavy atom. The van der Waals surface area contributed by atoms with E-state index in [1.807, 2.05) is 61.5 Å². The van der Waals surface area contributed by atoms with E-state index in [-0.39, 0.29) is 16.0 Å². The number of alkyl halides is 1. The molecule has 0 saturated heterocycles. The van der Waals surface area contributed by atoms with Crippen molar-refractivity contribution in [3.8, 4) is 5.69 Å². The number of aromatic nitrogens is 2. The molecule has 1 aliphatic carbocycles. The van der Waals surface area contributed by atoms with Crippen molar-refractivity contribution in [3.05, 3.63) is 94.6 Å². The van der Waals surface area contributed by atoms with Gasteiger partial charge in [-0.15, -0.1) is 0 Å².